The second-order valence-corrected chi connectivity index (χ2v) is 9.59. The fourth-order valence-corrected chi connectivity index (χ4v) is 5.26. The van der Waals surface area contributed by atoms with Crippen LogP contribution in [0.25, 0.3) is 10.9 Å². The molecule has 2 aromatic rings. The predicted molar refractivity (Wildman–Crippen MR) is 119 cm³/mol. The van der Waals surface area contributed by atoms with Crippen LogP contribution in [0.3, 0.4) is 0 Å². The quantitative estimate of drug-likeness (QED) is 0.815. The Hall–Kier alpha value is -2.21. The van der Waals surface area contributed by atoms with Crippen LogP contribution in [0.5, 0.6) is 0 Å². The lowest BCUT2D eigenvalue weighted by molar-refractivity contribution is -0.127. The average Bonchev–Trinajstić information content (AvgIpc) is 2.71. The average molecular weight is 411 g/mol. The number of piperidine rings is 1. The Balaban J connectivity index is 1.56. The second-order valence-electron chi connectivity index (χ2n) is 9.59. The van der Waals surface area contributed by atoms with Gasteiger partial charge < -0.3 is 9.88 Å². The summed E-state index contributed by atoms with van der Waals surface area (Å²) in [4.78, 5) is 30.6. The van der Waals surface area contributed by atoms with Gasteiger partial charge in [-0.1, -0.05) is 13.8 Å². The molecule has 3 heterocycles. The Kier molecular flexibility index (Phi) is 5.96. The number of nitrogens with one attached hydrogen (secondary N) is 2. The summed E-state index contributed by atoms with van der Waals surface area (Å²) in [6.45, 7) is 7.34. The molecule has 30 heavy (non-hydrogen) atoms. The minimum atomic E-state index is -0.0400. The third-order valence-corrected chi connectivity index (χ3v) is 7.22. The molecule has 1 aliphatic heterocycles. The van der Waals surface area contributed by atoms with Gasteiger partial charge in [-0.3, -0.25) is 19.9 Å². The smallest absolute Gasteiger partial charge is 0.254 e. The summed E-state index contributed by atoms with van der Waals surface area (Å²) >= 11 is 0. The Bertz CT molecular complexity index is 999. The van der Waals surface area contributed by atoms with Gasteiger partial charge in [0.15, 0.2) is 0 Å². The zero-order valence-corrected chi connectivity index (χ0v) is 18.6. The van der Waals surface area contributed by atoms with Crippen LogP contribution in [0.1, 0.15) is 63.1 Å². The van der Waals surface area contributed by atoms with E-state index in [0.29, 0.717) is 11.8 Å². The van der Waals surface area contributed by atoms with Crippen molar-refractivity contribution in [2.24, 2.45) is 24.8 Å². The van der Waals surface area contributed by atoms with E-state index >= 15 is 0 Å². The number of fused-ring (bicyclic) bond motifs is 1. The van der Waals surface area contributed by atoms with Crippen molar-refractivity contribution < 1.29 is 4.79 Å². The van der Waals surface area contributed by atoms with Gasteiger partial charge in [0.05, 0.1) is 11.7 Å². The first kappa shape index (κ1) is 21.0. The van der Waals surface area contributed by atoms with Gasteiger partial charge in [-0.25, -0.2) is 0 Å². The largest absolute Gasteiger partial charge is 0.341 e. The van der Waals surface area contributed by atoms with Crippen molar-refractivity contribution in [3.8, 4) is 0 Å². The maximum Gasteiger partial charge on any atom is 0.254 e. The van der Waals surface area contributed by atoms with Gasteiger partial charge >= 0.3 is 0 Å². The Morgan fingerprint density at radius 2 is 2.00 bits per heavy atom. The molecule has 5 unspecified atom stereocenters. The van der Waals surface area contributed by atoms with Gasteiger partial charge in [0, 0.05) is 35.8 Å². The van der Waals surface area contributed by atoms with Crippen molar-refractivity contribution in [1.29, 1.82) is 0 Å². The van der Waals surface area contributed by atoms with Gasteiger partial charge in [-0.2, -0.15) is 0 Å². The highest BCUT2D eigenvalue weighted by molar-refractivity contribution is 5.80. The molecular weight excluding hydrogens is 376 g/mol. The van der Waals surface area contributed by atoms with Crippen LogP contribution in [-0.4, -0.2) is 28.2 Å². The standard InChI is InChI=1S/C24H34N4O2/c1-14-7-8-25-22(9-14)27-23(29)17-6-5-15(2)19(11-17)20-12-18-13-26-16(3)10-21(18)28(4)24(20)30/h10,12-15,17,19,22,25H,5-9,11H2,1-4H3,(H,27,29). The van der Waals surface area contributed by atoms with Gasteiger partial charge in [-0.05, 0) is 75.5 Å². The van der Waals surface area contributed by atoms with E-state index in [-0.39, 0.29) is 29.5 Å². The lowest BCUT2D eigenvalue weighted by Crippen LogP contribution is -2.51. The third-order valence-electron chi connectivity index (χ3n) is 7.22. The van der Waals surface area contributed by atoms with Crippen LogP contribution in [0.4, 0.5) is 0 Å². The fraction of sp³-hybridized carbons (Fsp3) is 0.625. The molecule has 0 aromatic carbocycles. The number of rotatable bonds is 3. The monoisotopic (exact) mass is 410 g/mol. The Morgan fingerprint density at radius 3 is 2.77 bits per heavy atom. The lowest BCUT2D eigenvalue weighted by atomic mass is 9.71. The zero-order valence-electron chi connectivity index (χ0n) is 18.6. The third kappa shape index (κ3) is 4.15. The van der Waals surface area contributed by atoms with E-state index in [2.05, 4.69) is 29.5 Å². The van der Waals surface area contributed by atoms with Gasteiger partial charge in [0.25, 0.3) is 5.56 Å². The molecule has 2 N–H and O–H groups in total. The first-order valence-corrected chi connectivity index (χ1v) is 11.3. The van der Waals surface area contributed by atoms with E-state index in [9.17, 15) is 9.59 Å². The first-order chi connectivity index (χ1) is 14.3. The fourth-order valence-electron chi connectivity index (χ4n) is 5.26. The molecule has 2 fully saturated rings. The van der Waals surface area contributed by atoms with Crippen LogP contribution >= 0.6 is 0 Å². The van der Waals surface area contributed by atoms with Crippen LogP contribution < -0.4 is 16.2 Å². The summed E-state index contributed by atoms with van der Waals surface area (Å²) in [6.07, 6.45) is 6.65. The molecule has 0 bridgehead atoms. The number of aromatic nitrogens is 2. The van der Waals surface area contributed by atoms with E-state index in [4.69, 9.17) is 0 Å². The molecule has 1 saturated carbocycles. The number of pyridine rings is 2. The predicted octanol–water partition coefficient (Wildman–Crippen LogP) is 3.22. The van der Waals surface area contributed by atoms with E-state index in [1.54, 1.807) is 4.57 Å². The van der Waals surface area contributed by atoms with Crippen molar-refractivity contribution >= 4 is 16.8 Å². The lowest BCUT2D eigenvalue weighted by Gasteiger charge is -2.35. The number of nitrogens with zero attached hydrogens (tertiary/aromatic N) is 2. The van der Waals surface area contributed by atoms with E-state index in [1.807, 2.05) is 32.3 Å². The highest BCUT2D eigenvalue weighted by Crippen LogP contribution is 2.40. The maximum absolute atomic E-state index is 13.2. The molecule has 162 valence electrons. The molecule has 0 radical (unpaired) electrons. The molecule has 6 heteroatoms. The molecule has 2 aliphatic rings. The second kappa shape index (κ2) is 8.50. The van der Waals surface area contributed by atoms with Crippen molar-refractivity contribution in [2.75, 3.05) is 6.54 Å². The Morgan fingerprint density at radius 1 is 1.20 bits per heavy atom. The minimum absolute atomic E-state index is 0.0400. The summed E-state index contributed by atoms with van der Waals surface area (Å²) in [5.41, 5.74) is 2.68. The van der Waals surface area contributed by atoms with Gasteiger partial charge in [0.1, 0.15) is 0 Å². The summed E-state index contributed by atoms with van der Waals surface area (Å²) < 4.78 is 1.74. The van der Waals surface area contributed by atoms with Crippen LogP contribution in [0.15, 0.2) is 23.1 Å². The minimum Gasteiger partial charge on any atom is -0.341 e. The molecule has 1 aliphatic carbocycles. The molecule has 6 nitrogen and oxygen atoms in total. The summed E-state index contributed by atoms with van der Waals surface area (Å²) in [6, 6.07) is 3.97. The normalized spacial score (nSPS) is 29.7. The van der Waals surface area contributed by atoms with Gasteiger partial charge in [0.2, 0.25) is 5.91 Å². The number of aryl methyl sites for hydroxylation is 2. The summed E-state index contributed by atoms with van der Waals surface area (Å²) in [5, 5.41) is 7.63. The molecule has 1 saturated heterocycles. The number of hydrogen-bond acceptors (Lipinski definition) is 4. The van der Waals surface area contributed by atoms with Crippen molar-refractivity contribution in [3.63, 3.8) is 0 Å². The molecular formula is C24H34N4O2. The SMILES string of the molecule is Cc1cc2c(cn1)cc(C1CC(C(=O)NC3CC(C)CCN3)CCC1C)c(=O)n2C. The van der Waals surface area contributed by atoms with Crippen LogP contribution in [-0.2, 0) is 11.8 Å². The van der Waals surface area contributed by atoms with Crippen molar-refractivity contribution in [1.82, 2.24) is 20.2 Å². The molecule has 2 aromatic heterocycles. The van der Waals surface area contributed by atoms with Gasteiger partial charge in [-0.15, -0.1) is 0 Å². The molecule has 4 rings (SSSR count). The number of amides is 1. The van der Waals surface area contributed by atoms with Crippen LogP contribution in [0.2, 0.25) is 0 Å². The molecule has 5 atom stereocenters. The van der Waals surface area contributed by atoms with E-state index in [1.165, 1.54) is 0 Å². The number of carbonyl (C=O) groups is 1. The Labute approximate surface area is 178 Å². The van der Waals surface area contributed by atoms with Crippen LogP contribution in [0, 0.1) is 24.7 Å². The van der Waals surface area contributed by atoms with Crippen molar-refractivity contribution in [3.05, 3.63) is 39.9 Å². The highest BCUT2D eigenvalue weighted by atomic mass is 16.2. The summed E-state index contributed by atoms with van der Waals surface area (Å²) in [7, 11) is 1.83. The maximum atomic E-state index is 13.2. The van der Waals surface area contributed by atoms with E-state index < -0.39 is 0 Å². The highest BCUT2D eigenvalue weighted by Gasteiger charge is 2.35. The zero-order chi connectivity index (χ0) is 21.4. The first-order valence-electron chi connectivity index (χ1n) is 11.3. The number of carbonyl (C=O) groups excluding carboxylic acids is 1. The topological polar surface area (TPSA) is 76.0 Å². The molecule has 1 amide bonds. The number of hydrogen-bond donors (Lipinski definition) is 2. The summed E-state index contributed by atoms with van der Waals surface area (Å²) in [5.74, 6) is 1.20. The molecule has 0 spiro atoms. The van der Waals surface area contributed by atoms with Crippen molar-refractivity contribution in [2.45, 2.75) is 65.0 Å². The van der Waals surface area contributed by atoms with E-state index in [0.717, 1.165) is 60.8 Å².